The van der Waals surface area contributed by atoms with E-state index in [4.69, 9.17) is 9.47 Å². The van der Waals surface area contributed by atoms with Crippen molar-refractivity contribution in [1.29, 1.82) is 0 Å². The lowest BCUT2D eigenvalue weighted by Gasteiger charge is -2.36. The minimum absolute atomic E-state index is 0.208. The average molecular weight is 298 g/mol. The Kier molecular flexibility index (Phi) is 5.88. The highest BCUT2D eigenvalue weighted by Gasteiger charge is 2.32. The van der Waals surface area contributed by atoms with Gasteiger partial charge in [-0.1, -0.05) is 6.42 Å². The summed E-state index contributed by atoms with van der Waals surface area (Å²) in [6.45, 7) is 9.91. The summed E-state index contributed by atoms with van der Waals surface area (Å²) in [7, 11) is 0. The van der Waals surface area contributed by atoms with E-state index in [1.807, 2.05) is 20.8 Å². The molecule has 1 saturated carbocycles. The van der Waals surface area contributed by atoms with Gasteiger partial charge in [-0.3, -0.25) is 0 Å². The summed E-state index contributed by atoms with van der Waals surface area (Å²) in [5, 5.41) is 2.89. The minimum Gasteiger partial charge on any atom is -0.444 e. The number of alkyl carbamates (subject to hydrolysis) is 1. The first-order valence-electron chi connectivity index (χ1n) is 8.26. The van der Waals surface area contributed by atoms with Crippen LogP contribution in [0.1, 0.15) is 52.9 Å². The van der Waals surface area contributed by atoms with Crippen LogP contribution in [0.3, 0.4) is 0 Å². The predicted molar refractivity (Wildman–Crippen MR) is 82.4 cm³/mol. The number of carbonyl (C=O) groups excluding carboxylic acids is 1. The highest BCUT2D eigenvalue weighted by molar-refractivity contribution is 5.68. The molecule has 1 saturated heterocycles. The van der Waals surface area contributed by atoms with E-state index in [2.05, 4.69) is 10.2 Å². The molecule has 1 aliphatic carbocycles. The molecule has 5 heteroatoms. The van der Waals surface area contributed by atoms with Gasteiger partial charge in [0.1, 0.15) is 5.60 Å². The second-order valence-corrected chi connectivity index (χ2v) is 7.21. The molecule has 0 bridgehead atoms. The zero-order valence-electron chi connectivity index (χ0n) is 13.7. The minimum atomic E-state index is -0.432. The zero-order chi connectivity index (χ0) is 15.3. The Balaban J connectivity index is 1.50. The first kappa shape index (κ1) is 16.6. The van der Waals surface area contributed by atoms with Crippen molar-refractivity contribution >= 4 is 6.09 Å². The molecule has 1 heterocycles. The smallest absolute Gasteiger partial charge is 0.407 e. The average Bonchev–Trinajstić information content (AvgIpc) is 2.34. The quantitative estimate of drug-likeness (QED) is 0.847. The fraction of sp³-hybridized carbons (Fsp3) is 0.938. The van der Waals surface area contributed by atoms with Gasteiger partial charge in [-0.15, -0.1) is 0 Å². The van der Waals surface area contributed by atoms with E-state index in [1.165, 1.54) is 32.4 Å². The molecule has 1 amide bonds. The Morgan fingerprint density at radius 1 is 1.19 bits per heavy atom. The van der Waals surface area contributed by atoms with E-state index in [0.717, 1.165) is 26.0 Å². The summed E-state index contributed by atoms with van der Waals surface area (Å²) in [5.74, 6) is 0. The summed E-state index contributed by atoms with van der Waals surface area (Å²) in [6.07, 6.45) is 5.81. The van der Waals surface area contributed by atoms with Gasteiger partial charge in [-0.05, 0) is 59.5 Å². The Labute approximate surface area is 128 Å². The number of piperidine rings is 1. The van der Waals surface area contributed by atoms with E-state index in [9.17, 15) is 4.79 Å². The van der Waals surface area contributed by atoms with Crippen LogP contribution in [0.25, 0.3) is 0 Å². The number of nitrogens with zero attached hydrogens (tertiary/aromatic N) is 1. The lowest BCUT2D eigenvalue weighted by atomic mass is 9.89. The molecular formula is C16H30N2O3. The highest BCUT2D eigenvalue weighted by Crippen LogP contribution is 2.24. The van der Waals surface area contributed by atoms with Crippen molar-refractivity contribution in [3.63, 3.8) is 0 Å². The molecule has 0 aromatic carbocycles. The van der Waals surface area contributed by atoms with Crippen molar-refractivity contribution in [2.45, 2.75) is 70.6 Å². The monoisotopic (exact) mass is 298 g/mol. The molecule has 0 aromatic rings. The number of rotatable bonds is 5. The molecule has 21 heavy (non-hydrogen) atoms. The molecule has 1 aliphatic heterocycles. The second kappa shape index (κ2) is 7.45. The van der Waals surface area contributed by atoms with E-state index < -0.39 is 5.60 Å². The number of carbonyl (C=O) groups is 1. The summed E-state index contributed by atoms with van der Waals surface area (Å²) in [4.78, 5) is 14.1. The largest absolute Gasteiger partial charge is 0.444 e. The SMILES string of the molecule is CC(C)(C)OC(=O)NC1CC(OCCN2CCCCC2)C1. The van der Waals surface area contributed by atoms with Crippen LogP contribution in [0.2, 0.25) is 0 Å². The van der Waals surface area contributed by atoms with E-state index in [1.54, 1.807) is 0 Å². The number of hydrogen-bond acceptors (Lipinski definition) is 4. The molecule has 0 unspecified atom stereocenters. The molecular weight excluding hydrogens is 268 g/mol. The van der Waals surface area contributed by atoms with E-state index in [-0.39, 0.29) is 12.1 Å². The fourth-order valence-corrected chi connectivity index (χ4v) is 2.83. The van der Waals surface area contributed by atoms with Gasteiger partial charge >= 0.3 is 6.09 Å². The van der Waals surface area contributed by atoms with Gasteiger partial charge in [0.25, 0.3) is 0 Å². The summed E-state index contributed by atoms with van der Waals surface area (Å²) in [5.41, 5.74) is -0.432. The number of ether oxygens (including phenoxy) is 2. The van der Waals surface area contributed by atoms with Crippen molar-refractivity contribution in [2.75, 3.05) is 26.2 Å². The van der Waals surface area contributed by atoms with Crippen molar-refractivity contribution in [3.05, 3.63) is 0 Å². The first-order chi connectivity index (χ1) is 9.92. The van der Waals surface area contributed by atoms with Crippen LogP contribution in [-0.4, -0.2) is 55.0 Å². The molecule has 5 nitrogen and oxygen atoms in total. The van der Waals surface area contributed by atoms with Crippen LogP contribution in [0.15, 0.2) is 0 Å². The number of likely N-dealkylation sites (tertiary alicyclic amines) is 1. The maximum absolute atomic E-state index is 11.6. The van der Waals surface area contributed by atoms with Crippen molar-refractivity contribution in [1.82, 2.24) is 10.2 Å². The van der Waals surface area contributed by atoms with Gasteiger partial charge < -0.3 is 19.7 Å². The third kappa shape index (κ3) is 6.22. The molecule has 0 aromatic heterocycles. The normalized spacial score (nSPS) is 27.0. The van der Waals surface area contributed by atoms with Crippen LogP contribution in [0.4, 0.5) is 4.79 Å². The summed E-state index contributed by atoms with van der Waals surface area (Å²) in [6, 6.07) is 0.208. The molecule has 2 aliphatic rings. The Morgan fingerprint density at radius 3 is 2.48 bits per heavy atom. The van der Waals surface area contributed by atoms with Gasteiger partial charge in [-0.2, -0.15) is 0 Å². The van der Waals surface area contributed by atoms with Crippen molar-refractivity contribution < 1.29 is 14.3 Å². The maximum atomic E-state index is 11.6. The molecule has 1 N–H and O–H groups in total. The van der Waals surface area contributed by atoms with Gasteiger partial charge in [0.05, 0.1) is 12.7 Å². The topological polar surface area (TPSA) is 50.8 Å². The second-order valence-electron chi connectivity index (χ2n) is 7.21. The Hall–Kier alpha value is -0.810. The highest BCUT2D eigenvalue weighted by atomic mass is 16.6. The summed E-state index contributed by atoms with van der Waals surface area (Å²) >= 11 is 0. The lowest BCUT2D eigenvalue weighted by molar-refractivity contribution is -0.0279. The fourth-order valence-electron chi connectivity index (χ4n) is 2.83. The third-order valence-electron chi connectivity index (χ3n) is 4.03. The number of amides is 1. The van der Waals surface area contributed by atoms with Gasteiger partial charge in [-0.25, -0.2) is 4.79 Å². The molecule has 0 atom stereocenters. The maximum Gasteiger partial charge on any atom is 0.407 e. The predicted octanol–water partition coefficient (Wildman–Crippen LogP) is 2.54. The van der Waals surface area contributed by atoms with Crippen LogP contribution < -0.4 is 5.32 Å². The standard InChI is InChI=1S/C16H30N2O3/c1-16(2,3)21-15(19)17-13-11-14(12-13)20-10-9-18-7-5-4-6-8-18/h13-14H,4-12H2,1-3H3,(H,17,19). The molecule has 2 fully saturated rings. The van der Waals surface area contributed by atoms with Crippen molar-refractivity contribution in [2.24, 2.45) is 0 Å². The molecule has 2 rings (SSSR count). The van der Waals surface area contributed by atoms with Gasteiger partial charge in [0.15, 0.2) is 0 Å². The van der Waals surface area contributed by atoms with Crippen LogP contribution in [0.5, 0.6) is 0 Å². The summed E-state index contributed by atoms with van der Waals surface area (Å²) < 4.78 is 11.1. The van der Waals surface area contributed by atoms with Gasteiger partial charge in [0.2, 0.25) is 0 Å². The van der Waals surface area contributed by atoms with Crippen molar-refractivity contribution in [3.8, 4) is 0 Å². The molecule has 0 radical (unpaired) electrons. The van der Waals surface area contributed by atoms with E-state index in [0.29, 0.717) is 6.10 Å². The third-order valence-corrected chi connectivity index (χ3v) is 4.03. The van der Waals surface area contributed by atoms with E-state index >= 15 is 0 Å². The van der Waals surface area contributed by atoms with Crippen LogP contribution in [-0.2, 0) is 9.47 Å². The Morgan fingerprint density at radius 2 is 1.86 bits per heavy atom. The Bertz CT molecular complexity index is 329. The zero-order valence-corrected chi connectivity index (χ0v) is 13.7. The lowest BCUT2D eigenvalue weighted by Crippen LogP contribution is -2.49. The molecule has 0 spiro atoms. The van der Waals surface area contributed by atoms with Gasteiger partial charge in [0, 0.05) is 12.6 Å². The van der Waals surface area contributed by atoms with Crippen LogP contribution >= 0.6 is 0 Å². The van der Waals surface area contributed by atoms with Crippen LogP contribution in [0, 0.1) is 0 Å². The molecule has 122 valence electrons. The number of hydrogen-bond donors (Lipinski definition) is 1. The first-order valence-corrected chi connectivity index (χ1v) is 8.26. The number of nitrogens with one attached hydrogen (secondary N) is 1.